The highest BCUT2D eigenvalue weighted by Crippen LogP contribution is 2.36. The van der Waals surface area contributed by atoms with Crippen molar-refractivity contribution in [3.05, 3.63) is 24.4 Å². The fraction of sp³-hybridized carbons (Fsp3) is 0.222. The number of hydrogen-bond acceptors (Lipinski definition) is 3. The van der Waals surface area contributed by atoms with Crippen LogP contribution in [-0.2, 0) is 0 Å². The Hall–Kier alpha value is -1.38. The fourth-order valence-electron chi connectivity index (χ4n) is 1.20. The second-order valence-electron chi connectivity index (χ2n) is 2.65. The van der Waals surface area contributed by atoms with Crippen molar-refractivity contribution >= 4 is 5.69 Å². The van der Waals surface area contributed by atoms with Gasteiger partial charge in [-0.2, -0.15) is 0 Å². The molecule has 0 amide bonds. The Morgan fingerprint density at radius 3 is 3.00 bits per heavy atom. The largest absolute Gasteiger partial charge is 0.497 e. The van der Waals surface area contributed by atoms with E-state index >= 15 is 0 Å². The summed E-state index contributed by atoms with van der Waals surface area (Å²) in [4.78, 5) is 0. The van der Waals surface area contributed by atoms with Crippen molar-refractivity contribution in [1.82, 2.24) is 0 Å². The predicted molar refractivity (Wildman–Crippen MR) is 46.2 cm³/mol. The van der Waals surface area contributed by atoms with E-state index in [1.54, 1.807) is 7.11 Å². The molecule has 1 aromatic carbocycles. The van der Waals surface area contributed by atoms with E-state index in [-0.39, 0.29) is 0 Å². The molecule has 1 aliphatic rings. The third kappa shape index (κ3) is 1.07. The molecule has 1 aromatic rings. The van der Waals surface area contributed by atoms with Crippen molar-refractivity contribution in [2.75, 3.05) is 12.4 Å². The molecule has 0 saturated heterocycles. The molecule has 12 heavy (non-hydrogen) atoms. The molecule has 1 aliphatic heterocycles. The SMILES string of the molecule is COc1ccc2c(c1)O[C](C)N2. The number of rotatable bonds is 1. The maximum Gasteiger partial charge on any atom is 0.236 e. The van der Waals surface area contributed by atoms with Gasteiger partial charge in [0.05, 0.1) is 12.8 Å². The van der Waals surface area contributed by atoms with Gasteiger partial charge in [0.1, 0.15) is 11.5 Å². The topological polar surface area (TPSA) is 30.5 Å². The minimum absolute atomic E-state index is 0.804. The Labute approximate surface area is 71.3 Å². The molecule has 2 rings (SSSR count). The average molecular weight is 164 g/mol. The summed E-state index contributed by atoms with van der Waals surface area (Å²) in [6.45, 7) is 1.88. The number of hydrogen-bond donors (Lipinski definition) is 1. The summed E-state index contributed by atoms with van der Waals surface area (Å²) >= 11 is 0. The van der Waals surface area contributed by atoms with Crippen LogP contribution in [-0.4, -0.2) is 7.11 Å². The molecule has 1 N–H and O–H groups in total. The van der Waals surface area contributed by atoms with Gasteiger partial charge in [0.2, 0.25) is 6.23 Å². The number of methoxy groups -OCH3 is 1. The highest BCUT2D eigenvalue weighted by atomic mass is 16.5. The van der Waals surface area contributed by atoms with Gasteiger partial charge in [0.25, 0.3) is 0 Å². The summed E-state index contributed by atoms with van der Waals surface area (Å²) in [5.74, 6) is 1.64. The summed E-state index contributed by atoms with van der Waals surface area (Å²) in [5, 5.41) is 3.09. The molecule has 0 unspecified atom stereocenters. The maximum atomic E-state index is 5.37. The Morgan fingerprint density at radius 1 is 1.42 bits per heavy atom. The minimum atomic E-state index is 0.804. The van der Waals surface area contributed by atoms with Crippen LogP contribution in [0.25, 0.3) is 0 Å². The lowest BCUT2D eigenvalue weighted by atomic mass is 10.3. The number of nitrogens with one attached hydrogen (secondary N) is 1. The van der Waals surface area contributed by atoms with Crippen LogP contribution in [0.2, 0.25) is 0 Å². The van der Waals surface area contributed by atoms with Gasteiger partial charge < -0.3 is 14.8 Å². The molecule has 0 saturated carbocycles. The molecule has 0 atom stereocenters. The Kier molecular flexibility index (Phi) is 1.57. The Balaban J connectivity index is 2.35. The van der Waals surface area contributed by atoms with Gasteiger partial charge in [-0.15, -0.1) is 0 Å². The second-order valence-corrected chi connectivity index (χ2v) is 2.65. The zero-order valence-electron chi connectivity index (χ0n) is 7.05. The molecule has 0 aliphatic carbocycles. The molecule has 0 spiro atoms. The smallest absolute Gasteiger partial charge is 0.236 e. The number of ether oxygens (including phenoxy) is 2. The molecule has 1 radical (unpaired) electrons. The van der Waals surface area contributed by atoms with E-state index in [9.17, 15) is 0 Å². The van der Waals surface area contributed by atoms with E-state index in [0.29, 0.717) is 0 Å². The van der Waals surface area contributed by atoms with Crippen molar-refractivity contribution in [1.29, 1.82) is 0 Å². The molecule has 0 fully saturated rings. The first-order valence-corrected chi connectivity index (χ1v) is 3.76. The molecule has 3 nitrogen and oxygen atoms in total. The first-order chi connectivity index (χ1) is 5.79. The highest BCUT2D eigenvalue weighted by molar-refractivity contribution is 5.64. The van der Waals surface area contributed by atoms with Crippen LogP contribution in [0.15, 0.2) is 18.2 Å². The summed E-state index contributed by atoms with van der Waals surface area (Å²) in [5.41, 5.74) is 0.994. The minimum Gasteiger partial charge on any atom is -0.497 e. The lowest BCUT2D eigenvalue weighted by Gasteiger charge is -2.01. The van der Waals surface area contributed by atoms with Crippen LogP contribution < -0.4 is 14.8 Å². The monoisotopic (exact) mass is 164 g/mol. The summed E-state index contributed by atoms with van der Waals surface area (Å²) in [6.07, 6.45) is 0.804. The van der Waals surface area contributed by atoms with E-state index in [4.69, 9.17) is 9.47 Å². The van der Waals surface area contributed by atoms with Crippen LogP contribution in [0.3, 0.4) is 0 Å². The van der Waals surface area contributed by atoms with Gasteiger partial charge in [-0.3, -0.25) is 0 Å². The zero-order chi connectivity index (χ0) is 8.55. The van der Waals surface area contributed by atoms with E-state index < -0.39 is 0 Å². The van der Waals surface area contributed by atoms with Crippen molar-refractivity contribution in [2.45, 2.75) is 6.92 Å². The van der Waals surface area contributed by atoms with Crippen molar-refractivity contribution in [2.24, 2.45) is 0 Å². The molecular weight excluding hydrogens is 154 g/mol. The highest BCUT2D eigenvalue weighted by Gasteiger charge is 2.18. The van der Waals surface area contributed by atoms with Crippen molar-refractivity contribution < 1.29 is 9.47 Å². The molecule has 0 aromatic heterocycles. The molecule has 0 bridgehead atoms. The normalized spacial score (nSPS) is 14.8. The predicted octanol–water partition coefficient (Wildman–Crippen LogP) is 2.01. The van der Waals surface area contributed by atoms with E-state index in [1.807, 2.05) is 25.1 Å². The number of benzene rings is 1. The Bertz CT molecular complexity index is 299. The summed E-state index contributed by atoms with van der Waals surface area (Å²) < 4.78 is 10.4. The maximum absolute atomic E-state index is 5.37. The van der Waals surface area contributed by atoms with Crippen LogP contribution >= 0.6 is 0 Å². The van der Waals surface area contributed by atoms with Crippen LogP contribution in [0, 0.1) is 6.23 Å². The number of fused-ring (bicyclic) bond motifs is 1. The summed E-state index contributed by atoms with van der Waals surface area (Å²) in [6, 6.07) is 5.69. The van der Waals surface area contributed by atoms with Gasteiger partial charge in [-0.25, -0.2) is 0 Å². The quantitative estimate of drug-likeness (QED) is 0.688. The van der Waals surface area contributed by atoms with Gasteiger partial charge in [-0.1, -0.05) is 0 Å². The zero-order valence-corrected chi connectivity index (χ0v) is 7.05. The van der Waals surface area contributed by atoms with Crippen LogP contribution in [0.5, 0.6) is 11.5 Å². The van der Waals surface area contributed by atoms with Crippen molar-refractivity contribution in [3.8, 4) is 11.5 Å². The van der Waals surface area contributed by atoms with E-state index in [1.165, 1.54) is 0 Å². The van der Waals surface area contributed by atoms with Crippen LogP contribution in [0.4, 0.5) is 5.69 Å². The second kappa shape index (κ2) is 2.59. The molecule has 1 heterocycles. The summed E-state index contributed by atoms with van der Waals surface area (Å²) in [7, 11) is 1.64. The average Bonchev–Trinajstić information content (AvgIpc) is 2.43. The molecule has 3 heteroatoms. The van der Waals surface area contributed by atoms with Gasteiger partial charge in [0, 0.05) is 13.0 Å². The Morgan fingerprint density at radius 2 is 2.25 bits per heavy atom. The van der Waals surface area contributed by atoms with Gasteiger partial charge in [0.15, 0.2) is 0 Å². The first-order valence-electron chi connectivity index (χ1n) is 3.76. The fourth-order valence-corrected chi connectivity index (χ4v) is 1.20. The third-order valence-electron chi connectivity index (χ3n) is 1.76. The third-order valence-corrected chi connectivity index (χ3v) is 1.76. The van der Waals surface area contributed by atoms with Gasteiger partial charge >= 0.3 is 0 Å². The number of anilines is 1. The standard InChI is InChI=1S/C9H10NO2/c1-6-10-8-4-3-7(11-2)5-9(8)12-6/h3-5,10H,1-2H3. The molecular formula is C9H10NO2. The van der Waals surface area contributed by atoms with E-state index in [0.717, 1.165) is 23.4 Å². The molecule has 63 valence electrons. The first kappa shape index (κ1) is 7.28. The van der Waals surface area contributed by atoms with Crippen molar-refractivity contribution in [3.63, 3.8) is 0 Å². The lowest BCUT2D eigenvalue weighted by Crippen LogP contribution is -2.02. The lowest BCUT2D eigenvalue weighted by molar-refractivity contribution is 0.370. The van der Waals surface area contributed by atoms with E-state index in [2.05, 4.69) is 5.32 Å². The van der Waals surface area contributed by atoms with Crippen LogP contribution in [0.1, 0.15) is 6.92 Å². The van der Waals surface area contributed by atoms with Gasteiger partial charge in [-0.05, 0) is 12.1 Å².